The number of rotatable bonds is 9. The molecule has 1 amide bonds. The Hall–Kier alpha value is -3.15. The van der Waals surface area contributed by atoms with Crippen LogP contribution in [0, 0.1) is 6.92 Å². The van der Waals surface area contributed by atoms with Gasteiger partial charge in [-0.1, -0.05) is 24.8 Å². The summed E-state index contributed by atoms with van der Waals surface area (Å²) >= 11 is 0. The van der Waals surface area contributed by atoms with Gasteiger partial charge in [-0.25, -0.2) is 4.79 Å². The number of ether oxygens (including phenoxy) is 2. The first-order valence-corrected chi connectivity index (χ1v) is 9.52. The van der Waals surface area contributed by atoms with E-state index in [1.165, 1.54) is 4.90 Å². The van der Waals surface area contributed by atoms with E-state index in [9.17, 15) is 14.4 Å². The Morgan fingerprint density at radius 2 is 1.90 bits per heavy atom. The predicted octanol–water partition coefficient (Wildman–Crippen LogP) is 3.41. The second-order valence-electron chi connectivity index (χ2n) is 6.86. The van der Waals surface area contributed by atoms with Gasteiger partial charge in [0, 0.05) is 24.3 Å². The van der Waals surface area contributed by atoms with Crippen molar-refractivity contribution in [2.24, 2.45) is 0 Å². The number of hydrogen-bond donors (Lipinski definition) is 0. The van der Waals surface area contributed by atoms with Gasteiger partial charge in [-0.3, -0.25) is 9.59 Å². The van der Waals surface area contributed by atoms with Crippen molar-refractivity contribution in [1.82, 2.24) is 4.90 Å². The molecule has 1 aliphatic rings. The lowest BCUT2D eigenvalue weighted by atomic mass is 9.90. The van der Waals surface area contributed by atoms with Crippen LogP contribution in [0.3, 0.4) is 0 Å². The van der Waals surface area contributed by atoms with Crippen LogP contribution in [0.15, 0.2) is 54.2 Å². The van der Waals surface area contributed by atoms with Crippen molar-refractivity contribution in [1.29, 1.82) is 0 Å². The molecule has 0 heterocycles. The summed E-state index contributed by atoms with van der Waals surface area (Å²) in [5, 5.41) is 0. The van der Waals surface area contributed by atoms with Gasteiger partial charge >= 0.3 is 5.97 Å². The van der Waals surface area contributed by atoms with Gasteiger partial charge in [0.2, 0.25) is 0 Å². The SMILES string of the molecule is C=CC(=O)OCCN(C)C(=O)COc1ccc(C)c(C(=O)C2=CCCC=C2C)c1. The van der Waals surface area contributed by atoms with Crippen LogP contribution in [0.4, 0.5) is 0 Å². The van der Waals surface area contributed by atoms with Crippen molar-refractivity contribution in [2.75, 3.05) is 26.8 Å². The van der Waals surface area contributed by atoms with Crippen LogP contribution < -0.4 is 4.74 Å². The van der Waals surface area contributed by atoms with Gasteiger partial charge < -0.3 is 14.4 Å². The fourth-order valence-corrected chi connectivity index (χ4v) is 2.87. The largest absolute Gasteiger partial charge is 0.484 e. The monoisotopic (exact) mass is 397 g/mol. The molecule has 0 spiro atoms. The number of hydrogen-bond acceptors (Lipinski definition) is 5. The maximum Gasteiger partial charge on any atom is 0.330 e. The summed E-state index contributed by atoms with van der Waals surface area (Å²) in [5.41, 5.74) is 3.14. The van der Waals surface area contributed by atoms with Crippen LogP contribution in [0.1, 0.15) is 35.7 Å². The third kappa shape index (κ3) is 6.17. The zero-order chi connectivity index (χ0) is 21.4. The maximum atomic E-state index is 12.9. The van der Waals surface area contributed by atoms with Crippen LogP contribution in [-0.2, 0) is 14.3 Å². The molecule has 0 aliphatic heterocycles. The molecule has 0 saturated carbocycles. The number of esters is 1. The number of likely N-dealkylation sites (N-methyl/N-ethyl adjacent to an activating group) is 1. The minimum absolute atomic E-state index is 0.0334. The number of Topliss-reactive ketones (excluding diaryl/α,β-unsaturated/α-hetero) is 1. The van der Waals surface area contributed by atoms with Crippen molar-refractivity contribution < 1.29 is 23.9 Å². The molecule has 1 aromatic carbocycles. The molecule has 154 valence electrons. The second kappa shape index (κ2) is 10.4. The normalized spacial score (nSPS) is 13.1. The highest BCUT2D eigenvalue weighted by atomic mass is 16.5. The van der Waals surface area contributed by atoms with Crippen molar-refractivity contribution in [3.8, 4) is 5.75 Å². The van der Waals surface area contributed by atoms with Gasteiger partial charge in [0.05, 0.1) is 6.54 Å². The molecule has 0 aromatic heterocycles. The molecule has 0 saturated heterocycles. The van der Waals surface area contributed by atoms with Gasteiger partial charge in [0.15, 0.2) is 12.4 Å². The lowest BCUT2D eigenvalue weighted by molar-refractivity contribution is -0.140. The highest BCUT2D eigenvalue weighted by Gasteiger charge is 2.18. The Morgan fingerprint density at radius 1 is 1.17 bits per heavy atom. The summed E-state index contributed by atoms with van der Waals surface area (Å²) < 4.78 is 10.5. The molecule has 1 aliphatic carbocycles. The third-order valence-electron chi connectivity index (χ3n) is 4.71. The average Bonchev–Trinajstić information content (AvgIpc) is 2.72. The molecule has 29 heavy (non-hydrogen) atoms. The average molecular weight is 397 g/mol. The van der Waals surface area contributed by atoms with Crippen LogP contribution in [0.5, 0.6) is 5.75 Å². The number of ketones is 1. The van der Waals surface area contributed by atoms with E-state index >= 15 is 0 Å². The van der Waals surface area contributed by atoms with Crippen molar-refractivity contribution in [2.45, 2.75) is 26.7 Å². The number of carbonyl (C=O) groups is 3. The summed E-state index contributed by atoms with van der Waals surface area (Å²) in [6, 6.07) is 5.23. The molecule has 0 atom stereocenters. The smallest absolute Gasteiger partial charge is 0.330 e. The molecular weight excluding hydrogens is 370 g/mol. The molecular formula is C23H27NO5. The first-order valence-electron chi connectivity index (χ1n) is 9.52. The van der Waals surface area contributed by atoms with E-state index in [-0.39, 0.29) is 31.4 Å². The molecule has 1 aromatic rings. The van der Waals surface area contributed by atoms with Gasteiger partial charge in [0.25, 0.3) is 5.91 Å². The van der Waals surface area contributed by atoms with E-state index in [1.54, 1.807) is 19.2 Å². The number of aryl methyl sites for hydroxylation is 1. The number of benzene rings is 1. The maximum absolute atomic E-state index is 12.9. The lowest BCUT2D eigenvalue weighted by Crippen LogP contribution is -2.34. The summed E-state index contributed by atoms with van der Waals surface area (Å²) in [7, 11) is 1.60. The highest BCUT2D eigenvalue weighted by molar-refractivity contribution is 6.12. The van der Waals surface area contributed by atoms with E-state index in [1.807, 2.05) is 26.0 Å². The molecule has 6 nitrogen and oxygen atoms in total. The van der Waals surface area contributed by atoms with E-state index in [2.05, 4.69) is 12.7 Å². The lowest BCUT2D eigenvalue weighted by Gasteiger charge is -2.18. The van der Waals surface area contributed by atoms with Crippen molar-refractivity contribution in [3.05, 3.63) is 65.3 Å². The highest BCUT2D eigenvalue weighted by Crippen LogP contribution is 2.26. The summed E-state index contributed by atoms with van der Waals surface area (Å²) in [5.74, 6) is -0.371. The Morgan fingerprint density at radius 3 is 2.59 bits per heavy atom. The summed E-state index contributed by atoms with van der Waals surface area (Å²) in [6.45, 7) is 7.29. The Kier molecular flexibility index (Phi) is 7.95. The first-order chi connectivity index (χ1) is 13.8. The zero-order valence-corrected chi connectivity index (χ0v) is 17.2. The zero-order valence-electron chi connectivity index (χ0n) is 17.2. The third-order valence-corrected chi connectivity index (χ3v) is 4.71. The molecule has 0 fully saturated rings. The quantitative estimate of drug-likeness (QED) is 0.363. The fraction of sp³-hybridized carbons (Fsp3) is 0.348. The number of carbonyl (C=O) groups excluding carboxylic acids is 3. The number of allylic oxidation sites excluding steroid dienone is 4. The van der Waals surface area contributed by atoms with Crippen molar-refractivity contribution >= 4 is 17.7 Å². The molecule has 2 rings (SSSR count). The van der Waals surface area contributed by atoms with E-state index in [4.69, 9.17) is 9.47 Å². The van der Waals surface area contributed by atoms with E-state index in [0.717, 1.165) is 35.6 Å². The van der Waals surface area contributed by atoms with E-state index < -0.39 is 5.97 Å². The van der Waals surface area contributed by atoms with Crippen LogP contribution >= 0.6 is 0 Å². The van der Waals surface area contributed by atoms with Crippen molar-refractivity contribution in [3.63, 3.8) is 0 Å². The topological polar surface area (TPSA) is 72.9 Å². The van der Waals surface area contributed by atoms with E-state index in [0.29, 0.717) is 11.3 Å². The molecule has 0 N–H and O–H groups in total. The van der Waals surface area contributed by atoms with Crippen LogP contribution in [0.25, 0.3) is 0 Å². The second-order valence-corrected chi connectivity index (χ2v) is 6.86. The first kappa shape index (κ1) is 22.1. The molecule has 6 heteroatoms. The van der Waals surface area contributed by atoms with Gasteiger partial charge in [-0.05, 0) is 50.0 Å². The van der Waals surface area contributed by atoms with Gasteiger partial charge in [-0.2, -0.15) is 0 Å². The summed E-state index contributed by atoms with van der Waals surface area (Å²) in [4.78, 5) is 37.6. The Labute approximate surface area is 171 Å². The molecule has 0 bridgehead atoms. The number of nitrogens with zero attached hydrogens (tertiary/aromatic N) is 1. The fourth-order valence-electron chi connectivity index (χ4n) is 2.87. The Bertz CT molecular complexity index is 866. The van der Waals surface area contributed by atoms with Crippen LogP contribution in [-0.4, -0.2) is 49.4 Å². The van der Waals surface area contributed by atoms with Gasteiger partial charge in [-0.15, -0.1) is 0 Å². The molecule has 0 radical (unpaired) electrons. The van der Waals surface area contributed by atoms with Crippen LogP contribution in [0.2, 0.25) is 0 Å². The predicted molar refractivity (Wildman–Crippen MR) is 111 cm³/mol. The minimum atomic E-state index is -0.530. The summed E-state index contributed by atoms with van der Waals surface area (Å²) in [6.07, 6.45) is 6.93. The Balaban J connectivity index is 1.97. The molecule has 0 unspecified atom stereocenters. The standard InChI is InChI=1S/C23H27NO5/c1-5-22(26)28-13-12-24(4)21(25)15-29-18-11-10-17(3)20(14-18)23(27)19-9-7-6-8-16(19)2/h5,8-11,14H,1,6-7,12-13,15H2,2-4H3. The van der Waals surface area contributed by atoms with Gasteiger partial charge in [0.1, 0.15) is 12.4 Å². The minimum Gasteiger partial charge on any atom is -0.484 e. The number of amides is 1.